The molecule has 0 radical (unpaired) electrons. The van der Waals surface area contributed by atoms with Crippen molar-refractivity contribution >= 4 is 40.1 Å². The SMILES string of the molecule is Cc1ccc(CN(C)C(=O)c2ccc(I)c(Cl)c2)o1. The van der Waals surface area contributed by atoms with E-state index in [4.69, 9.17) is 16.0 Å². The first kappa shape index (κ1) is 14.4. The van der Waals surface area contributed by atoms with E-state index in [-0.39, 0.29) is 5.91 Å². The van der Waals surface area contributed by atoms with Crippen LogP contribution in [-0.4, -0.2) is 17.9 Å². The lowest BCUT2D eigenvalue weighted by Gasteiger charge is -2.16. The van der Waals surface area contributed by atoms with Gasteiger partial charge in [-0.25, -0.2) is 0 Å². The summed E-state index contributed by atoms with van der Waals surface area (Å²) < 4.78 is 6.39. The van der Waals surface area contributed by atoms with Gasteiger partial charge < -0.3 is 9.32 Å². The zero-order valence-electron chi connectivity index (χ0n) is 10.6. The Morgan fingerprint density at radius 2 is 2.11 bits per heavy atom. The third-order valence-corrected chi connectivity index (χ3v) is 4.27. The van der Waals surface area contributed by atoms with Crippen molar-refractivity contribution in [2.45, 2.75) is 13.5 Å². The maximum atomic E-state index is 12.2. The molecule has 1 aromatic carbocycles. The van der Waals surface area contributed by atoms with E-state index in [0.29, 0.717) is 17.1 Å². The lowest BCUT2D eigenvalue weighted by molar-refractivity contribution is 0.0775. The summed E-state index contributed by atoms with van der Waals surface area (Å²) in [6.45, 7) is 2.32. The van der Waals surface area contributed by atoms with Crippen LogP contribution in [0.3, 0.4) is 0 Å². The second kappa shape index (κ2) is 5.96. The molecule has 0 atom stereocenters. The molecule has 1 amide bonds. The number of amides is 1. The number of carbonyl (C=O) groups is 1. The topological polar surface area (TPSA) is 33.5 Å². The highest BCUT2D eigenvalue weighted by molar-refractivity contribution is 14.1. The van der Waals surface area contributed by atoms with Crippen LogP contribution < -0.4 is 0 Å². The van der Waals surface area contributed by atoms with Crippen LogP contribution in [0.1, 0.15) is 21.9 Å². The first-order chi connectivity index (χ1) is 8.97. The minimum Gasteiger partial charge on any atom is -0.464 e. The number of halogens is 2. The zero-order chi connectivity index (χ0) is 14.0. The van der Waals surface area contributed by atoms with E-state index in [1.54, 1.807) is 24.1 Å². The van der Waals surface area contributed by atoms with Crippen LogP contribution in [0.5, 0.6) is 0 Å². The van der Waals surface area contributed by atoms with Gasteiger partial charge in [-0.1, -0.05) is 11.6 Å². The van der Waals surface area contributed by atoms with Crippen molar-refractivity contribution in [2.75, 3.05) is 7.05 Å². The van der Waals surface area contributed by atoms with Crippen LogP contribution in [0, 0.1) is 10.5 Å². The maximum absolute atomic E-state index is 12.2. The summed E-state index contributed by atoms with van der Waals surface area (Å²) in [5.74, 6) is 1.53. The quantitative estimate of drug-likeness (QED) is 0.740. The first-order valence-corrected chi connectivity index (χ1v) is 7.19. The maximum Gasteiger partial charge on any atom is 0.254 e. The molecule has 0 N–H and O–H groups in total. The Morgan fingerprint density at radius 1 is 1.37 bits per heavy atom. The normalized spacial score (nSPS) is 10.5. The van der Waals surface area contributed by atoms with Crippen molar-refractivity contribution in [3.8, 4) is 0 Å². The summed E-state index contributed by atoms with van der Waals surface area (Å²) >= 11 is 8.16. The molecule has 0 spiro atoms. The molecule has 2 rings (SSSR count). The third kappa shape index (κ3) is 3.51. The number of aryl methyl sites for hydroxylation is 1. The first-order valence-electron chi connectivity index (χ1n) is 5.73. The monoisotopic (exact) mass is 389 g/mol. The molecule has 2 aromatic rings. The van der Waals surface area contributed by atoms with Crippen LogP contribution in [0.2, 0.25) is 5.02 Å². The number of rotatable bonds is 3. The summed E-state index contributed by atoms with van der Waals surface area (Å²) in [7, 11) is 1.74. The highest BCUT2D eigenvalue weighted by atomic mass is 127. The highest BCUT2D eigenvalue weighted by Gasteiger charge is 2.14. The van der Waals surface area contributed by atoms with Gasteiger partial charge in [-0.3, -0.25) is 4.79 Å². The van der Waals surface area contributed by atoms with E-state index in [0.717, 1.165) is 15.1 Å². The Labute approximate surface area is 130 Å². The van der Waals surface area contributed by atoms with E-state index < -0.39 is 0 Å². The fraction of sp³-hybridized carbons (Fsp3) is 0.214. The lowest BCUT2D eigenvalue weighted by atomic mass is 10.2. The average molecular weight is 390 g/mol. The molecule has 0 aliphatic rings. The number of carbonyl (C=O) groups excluding carboxylic acids is 1. The van der Waals surface area contributed by atoms with Crippen molar-refractivity contribution in [1.29, 1.82) is 0 Å². The molecule has 19 heavy (non-hydrogen) atoms. The molecule has 0 saturated heterocycles. The molecule has 0 aliphatic carbocycles. The fourth-order valence-corrected chi connectivity index (χ4v) is 2.24. The average Bonchev–Trinajstić information content (AvgIpc) is 2.77. The Balaban J connectivity index is 2.12. The Hall–Kier alpha value is -1.01. The highest BCUT2D eigenvalue weighted by Crippen LogP contribution is 2.20. The molecule has 0 saturated carbocycles. The minimum atomic E-state index is -0.0765. The number of hydrogen-bond donors (Lipinski definition) is 0. The molecule has 5 heteroatoms. The van der Waals surface area contributed by atoms with Crippen molar-refractivity contribution in [3.63, 3.8) is 0 Å². The van der Waals surface area contributed by atoms with E-state index in [2.05, 4.69) is 22.6 Å². The smallest absolute Gasteiger partial charge is 0.254 e. The van der Waals surface area contributed by atoms with Gasteiger partial charge in [0, 0.05) is 16.2 Å². The van der Waals surface area contributed by atoms with E-state index in [1.165, 1.54) is 0 Å². The van der Waals surface area contributed by atoms with Gasteiger partial charge in [0.05, 0.1) is 11.6 Å². The predicted molar refractivity (Wildman–Crippen MR) is 83.4 cm³/mol. The summed E-state index contributed by atoms with van der Waals surface area (Å²) in [6, 6.07) is 9.06. The van der Waals surface area contributed by atoms with Crippen molar-refractivity contribution in [3.05, 3.63) is 56.0 Å². The Kier molecular flexibility index (Phi) is 4.52. The van der Waals surface area contributed by atoms with Gasteiger partial charge in [-0.2, -0.15) is 0 Å². The van der Waals surface area contributed by atoms with Gasteiger partial charge in [0.15, 0.2) is 0 Å². The molecule has 0 aliphatic heterocycles. The molecule has 0 fully saturated rings. The zero-order valence-corrected chi connectivity index (χ0v) is 13.5. The van der Waals surface area contributed by atoms with Gasteiger partial charge in [0.1, 0.15) is 11.5 Å². The van der Waals surface area contributed by atoms with Crippen molar-refractivity contribution in [1.82, 2.24) is 4.90 Å². The summed E-state index contributed by atoms with van der Waals surface area (Å²) in [5.41, 5.74) is 0.580. The van der Waals surface area contributed by atoms with Gasteiger partial charge in [0.25, 0.3) is 5.91 Å². The molecule has 3 nitrogen and oxygen atoms in total. The number of furan rings is 1. The van der Waals surface area contributed by atoms with Crippen LogP contribution >= 0.6 is 34.2 Å². The third-order valence-electron chi connectivity index (χ3n) is 2.70. The number of hydrogen-bond acceptors (Lipinski definition) is 2. The van der Waals surface area contributed by atoms with Crippen LogP contribution in [-0.2, 0) is 6.54 Å². The molecule has 1 aromatic heterocycles. The van der Waals surface area contributed by atoms with Crippen LogP contribution in [0.25, 0.3) is 0 Å². The van der Waals surface area contributed by atoms with E-state index in [9.17, 15) is 4.79 Å². The van der Waals surface area contributed by atoms with Crippen molar-refractivity contribution < 1.29 is 9.21 Å². The largest absolute Gasteiger partial charge is 0.464 e. The van der Waals surface area contributed by atoms with E-state index in [1.807, 2.05) is 25.1 Å². The van der Waals surface area contributed by atoms with Gasteiger partial charge in [0.2, 0.25) is 0 Å². The molecular weight excluding hydrogens is 377 g/mol. The van der Waals surface area contributed by atoms with E-state index >= 15 is 0 Å². The number of benzene rings is 1. The Morgan fingerprint density at radius 3 is 2.68 bits per heavy atom. The van der Waals surface area contributed by atoms with Crippen LogP contribution in [0.4, 0.5) is 0 Å². The summed E-state index contributed by atoms with van der Waals surface area (Å²) in [5, 5.41) is 0.591. The second-order valence-corrected chi connectivity index (χ2v) is 5.87. The van der Waals surface area contributed by atoms with Crippen molar-refractivity contribution in [2.24, 2.45) is 0 Å². The standard InChI is InChI=1S/C14H13ClINO2/c1-9-3-5-11(19-9)8-17(2)14(18)10-4-6-13(16)12(15)7-10/h3-7H,8H2,1-2H3. The summed E-state index contributed by atoms with van der Waals surface area (Å²) in [4.78, 5) is 13.9. The lowest BCUT2D eigenvalue weighted by Crippen LogP contribution is -2.26. The Bertz CT molecular complexity index is 609. The second-order valence-electron chi connectivity index (χ2n) is 4.30. The molecular formula is C14H13ClINO2. The van der Waals surface area contributed by atoms with Crippen LogP contribution in [0.15, 0.2) is 34.7 Å². The summed E-state index contributed by atoms with van der Waals surface area (Å²) in [6.07, 6.45) is 0. The van der Waals surface area contributed by atoms with Gasteiger partial charge in [-0.15, -0.1) is 0 Å². The van der Waals surface area contributed by atoms with Gasteiger partial charge in [-0.05, 0) is 59.8 Å². The van der Waals surface area contributed by atoms with Gasteiger partial charge >= 0.3 is 0 Å². The molecule has 1 heterocycles. The molecule has 0 bridgehead atoms. The minimum absolute atomic E-state index is 0.0765. The fourth-order valence-electron chi connectivity index (χ4n) is 1.73. The molecule has 0 unspecified atom stereocenters. The number of nitrogens with zero attached hydrogens (tertiary/aromatic N) is 1. The molecule has 100 valence electrons. The predicted octanol–water partition coefficient (Wildman–Crippen LogP) is 4.12.